The molecule has 132 valence electrons. The molecule has 8 heteroatoms. The third-order valence-corrected chi connectivity index (χ3v) is 4.84. The number of hydrogen-bond acceptors (Lipinski definition) is 6. The van der Waals surface area contributed by atoms with E-state index in [4.69, 9.17) is 20.9 Å². The van der Waals surface area contributed by atoms with Crippen LogP contribution in [0, 0.1) is 0 Å². The lowest BCUT2D eigenvalue weighted by Gasteiger charge is -2.34. The van der Waals surface area contributed by atoms with E-state index in [0.29, 0.717) is 49.6 Å². The number of nitrogens with zero attached hydrogens (tertiary/aromatic N) is 4. The van der Waals surface area contributed by atoms with Crippen LogP contribution in [0.1, 0.15) is 12.8 Å². The van der Waals surface area contributed by atoms with Crippen LogP contribution in [0.3, 0.4) is 0 Å². The van der Waals surface area contributed by atoms with Gasteiger partial charge in [0.05, 0.1) is 0 Å². The Hall–Kier alpha value is -2.12. The lowest BCUT2D eigenvalue weighted by atomic mass is 10.2. The van der Waals surface area contributed by atoms with Gasteiger partial charge >= 0.3 is 6.01 Å². The highest BCUT2D eigenvalue weighted by Gasteiger charge is 2.31. The Morgan fingerprint density at radius 3 is 2.60 bits per heavy atom. The first kappa shape index (κ1) is 16.4. The summed E-state index contributed by atoms with van der Waals surface area (Å²) in [6, 6.07) is 7.78. The molecule has 1 aromatic heterocycles. The average Bonchev–Trinajstić information content (AvgIpc) is 3.34. The van der Waals surface area contributed by atoms with Crippen molar-refractivity contribution in [3.05, 3.63) is 29.3 Å². The Morgan fingerprint density at radius 1 is 1.16 bits per heavy atom. The highest BCUT2D eigenvalue weighted by Crippen LogP contribution is 2.23. The number of ether oxygens (including phenoxy) is 1. The molecular formula is C17H19ClN4O3. The Bertz CT molecular complexity index is 735. The number of benzene rings is 1. The van der Waals surface area contributed by atoms with Crippen LogP contribution in [-0.4, -0.2) is 59.8 Å². The van der Waals surface area contributed by atoms with Crippen molar-refractivity contribution < 1.29 is 14.1 Å². The summed E-state index contributed by atoms with van der Waals surface area (Å²) in [5.41, 5.74) is 0.853. The standard InChI is InChI=1S/C17H19ClN4O3/c18-13-5-3-12(4-6-13)15-19-17(25-20-15)22-9-7-21(8-10-22)16(23)14-2-1-11-24-14/h3-6,14H,1-2,7-11H2/t14-/m1/s1. The van der Waals surface area contributed by atoms with Crippen LogP contribution in [0.5, 0.6) is 0 Å². The van der Waals surface area contributed by atoms with E-state index in [2.05, 4.69) is 10.1 Å². The van der Waals surface area contributed by atoms with E-state index >= 15 is 0 Å². The maximum atomic E-state index is 12.4. The number of hydrogen-bond donors (Lipinski definition) is 0. The van der Waals surface area contributed by atoms with Gasteiger partial charge in [-0.25, -0.2) is 0 Å². The zero-order valence-corrected chi connectivity index (χ0v) is 14.5. The molecule has 0 radical (unpaired) electrons. The third-order valence-electron chi connectivity index (χ3n) is 4.58. The van der Waals surface area contributed by atoms with E-state index in [1.807, 2.05) is 21.9 Å². The predicted molar refractivity (Wildman–Crippen MR) is 92.5 cm³/mol. The molecule has 0 bridgehead atoms. The van der Waals surface area contributed by atoms with Crippen LogP contribution in [0.4, 0.5) is 6.01 Å². The van der Waals surface area contributed by atoms with Crippen molar-refractivity contribution in [1.29, 1.82) is 0 Å². The molecule has 1 aromatic carbocycles. The quantitative estimate of drug-likeness (QED) is 0.833. The van der Waals surface area contributed by atoms with E-state index in [1.54, 1.807) is 12.1 Å². The predicted octanol–water partition coefficient (Wildman–Crippen LogP) is 2.22. The van der Waals surface area contributed by atoms with Gasteiger partial charge in [-0.15, -0.1) is 0 Å². The Labute approximate surface area is 150 Å². The van der Waals surface area contributed by atoms with Crippen LogP contribution >= 0.6 is 11.6 Å². The van der Waals surface area contributed by atoms with Crippen molar-refractivity contribution >= 4 is 23.5 Å². The molecular weight excluding hydrogens is 344 g/mol. The number of rotatable bonds is 3. The van der Waals surface area contributed by atoms with Crippen LogP contribution in [0.25, 0.3) is 11.4 Å². The fourth-order valence-electron chi connectivity index (χ4n) is 3.15. The molecule has 2 fully saturated rings. The van der Waals surface area contributed by atoms with Crippen LogP contribution in [0.2, 0.25) is 5.02 Å². The number of halogens is 1. The monoisotopic (exact) mass is 362 g/mol. The minimum absolute atomic E-state index is 0.101. The highest BCUT2D eigenvalue weighted by atomic mass is 35.5. The second kappa shape index (κ2) is 7.01. The van der Waals surface area contributed by atoms with Gasteiger partial charge in [-0.2, -0.15) is 4.98 Å². The second-order valence-electron chi connectivity index (χ2n) is 6.22. The van der Waals surface area contributed by atoms with Gasteiger partial charge in [0.2, 0.25) is 5.82 Å². The average molecular weight is 363 g/mol. The SMILES string of the molecule is O=C([C@H]1CCCO1)N1CCN(c2nc(-c3ccc(Cl)cc3)no2)CC1. The molecule has 0 N–H and O–H groups in total. The van der Waals surface area contributed by atoms with Gasteiger partial charge in [-0.3, -0.25) is 4.79 Å². The van der Waals surface area contributed by atoms with Gasteiger partial charge in [0.25, 0.3) is 5.91 Å². The molecule has 25 heavy (non-hydrogen) atoms. The lowest BCUT2D eigenvalue weighted by Crippen LogP contribution is -2.51. The van der Waals surface area contributed by atoms with E-state index in [0.717, 1.165) is 18.4 Å². The highest BCUT2D eigenvalue weighted by molar-refractivity contribution is 6.30. The summed E-state index contributed by atoms with van der Waals surface area (Å²) in [5.74, 6) is 0.633. The Morgan fingerprint density at radius 2 is 1.92 bits per heavy atom. The van der Waals surface area contributed by atoms with E-state index in [9.17, 15) is 4.79 Å². The summed E-state index contributed by atoms with van der Waals surface area (Å²) in [6.07, 6.45) is 1.53. The van der Waals surface area contributed by atoms with Crippen LogP contribution in [-0.2, 0) is 9.53 Å². The smallest absolute Gasteiger partial charge is 0.324 e. The normalized spacial score (nSPS) is 20.9. The van der Waals surface area contributed by atoms with Gasteiger partial charge in [0.1, 0.15) is 6.10 Å². The molecule has 2 aliphatic heterocycles. The summed E-state index contributed by atoms with van der Waals surface area (Å²) in [4.78, 5) is 20.7. The zero-order valence-electron chi connectivity index (χ0n) is 13.7. The summed E-state index contributed by atoms with van der Waals surface area (Å²) in [7, 11) is 0. The number of aromatic nitrogens is 2. The van der Waals surface area contributed by atoms with E-state index < -0.39 is 0 Å². The Balaban J connectivity index is 1.38. The van der Waals surface area contributed by atoms with E-state index in [-0.39, 0.29) is 12.0 Å². The fraction of sp³-hybridized carbons (Fsp3) is 0.471. The van der Waals surface area contributed by atoms with Gasteiger partial charge in [-0.1, -0.05) is 16.8 Å². The molecule has 0 saturated carbocycles. The number of amides is 1. The lowest BCUT2D eigenvalue weighted by molar-refractivity contribution is -0.141. The molecule has 2 aliphatic rings. The first-order valence-corrected chi connectivity index (χ1v) is 8.83. The molecule has 2 saturated heterocycles. The zero-order chi connectivity index (χ0) is 17.2. The molecule has 7 nitrogen and oxygen atoms in total. The van der Waals surface area contributed by atoms with Crippen molar-refractivity contribution in [2.75, 3.05) is 37.7 Å². The topological polar surface area (TPSA) is 71.7 Å². The molecule has 2 aromatic rings. The molecule has 0 spiro atoms. The van der Waals surface area contributed by atoms with Crippen molar-refractivity contribution in [3.63, 3.8) is 0 Å². The van der Waals surface area contributed by atoms with Crippen LogP contribution in [0.15, 0.2) is 28.8 Å². The molecule has 1 amide bonds. The number of carbonyl (C=O) groups excluding carboxylic acids is 1. The minimum atomic E-state index is -0.258. The summed E-state index contributed by atoms with van der Waals surface area (Å²) in [5, 5.41) is 4.70. The van der Waals surface area contributed by atoms with Gasteiger partial charge in [0.15, 0.2) is 0 Å². The number of carbonyl (C=O) groups is 1. The maximum Gasteiger partial charge on any atom is 0.324 e. The van der Waals surface area contributed by atoms with Gasteiger partial charge in [-0.05, 0) is 37.1 Å². The minimum Gasteiger partial charge on any atom is -0.368 e. The largest absolute Gasteiger partial charge is 0.368 e. The molecule has 0 aliphatic carbocycles. The molecule has 4 rings (SSSR count). The first-order valence-electron chi connectivity index (χ1n) is 8.46. The first-order chi connectivity index (χ1) is 12.2. The molecule has 1 atom stereocenters. The third kappa shape index (κ3) is 3.48. The van der Waals surface area contributed by atoms with Crippen molar-refractivity contribution in [1.82, 2.24) is 15.0 Å². The number of piperazine rings is 1. The number of anilines is 1. The van der Waals surface area contributed by atoms with Crippen molar-refractivity contribution in [2.24, 2.45) is 0 Å². The van der Waals surface area contributed by atoms with Crippen molar-refractivity contribution in [3.8, 4) is 11.4 Å². The summed E-state index contributed by atoms with van der Waals surface area (Å²) >= 11 is 5.90. The van der Waals surface area contributed by atoms with Gasteiger partial charge < -0.3 is 19.1 Å². The van der Waals surface area contributed by atoms with E-state index in [1.165, 1.54) is 0 Å². The molecule has 3 heterocycles. The molecule has 0 unspecified atom stereocenters. The summed E-state index contributed by atoms with van der Waals surface area (Å²) < 4.78 is 10.9. The van der Waals surface area contributed by atoms with Crippen LogP contribution < -0.4 is 4.90 Å². The second-order valence-corrected chi connectivity index (χ2v) is 6.66. The van der Waals surface area contributed by atoms with Gasteiger partial charge in [0, 0.05) is 43.4 Å². The Kier molecular flexibility index (Phi) is 4.59. The van der Waals surface area contributed by atoms with Crippen molar-refractivity contribution in [2.45, 2.75) is 18.9 Å². The summed E-state index contributed by atoms with van der Waals surface area (Å²) in [6.45, 7) is 3.29. The maximum absolute atomic E-state index is 12.4. The fourth-order valence-corrected chi connectivity index (χ4v) is 3.28.